The molecule has 2 atom stereocenters. The fraction of sp³-hybridized carbons (Fsp3) is 0.647. The third-order valence-corrected chi connectivity index (χ3v) is 3.88. The number of halogens is 1. The molecule has 2 N–H and O–H groups in total. The molecule has 21 heavy (non-hydrogen) atoms. The monoisotopic (exact) mass is 357 g/mol. The number of ether oxygens (including phenoxy) is 1. The van der Waals surface area contributed by atoms with Crippen LogP contribution in [0.15, 0.2) is 28.7 Å². The van der Waals surface area contributed by atoms with Gasteiger partial charge in [-0.15, -0.1) is 0 Å². The molecule has 2 unspecified atom stereocenters. The highest BCUT2D eigenvalue weighted by Gasteiger charge is 2.09. The minimum Gasteiger partial charge on any atom is -0.389 e. The number of benzene rings is 1. The van der Waals surface area contributed by atoms with Crippen LogP contribution in [0.5, 0.6) is 0 Å². The lowest BCUT2D eigenvalue weighted by Crippen LogP contribution is -2.32. The van der Waals surface area contributed by atoms with E-state index in [0.29, 0.717) is 19.1 Å². The molecule has 4 heteroatoms. The van der Waals surface area contributed by atoms with Crippen LogP contribution in [0.3, 0.4) is 0 Å². The second kappa shape index (κ2) is 10.3. The van der Waals surface area contributed by atoms with Crippen LogP contribution < -0.4 is 5.32 Å². The van der Waals surface area contributed by atoms with Gasteiger partial charge in [-0.3, -0.25) is 0 Å². The fourth-order valence-corrected chi connectivity index (χ4v) is 2.50. The van der Waals surface area contributed by atoms with Crippen LogP contribution in [0.25, 0.3) is 0 Å². The van der Waals surface area contributed by atoms with Gasteiger partial charge in [-0.2, -0.15) is 0 Å². The van der Waals surface area contributed by atoms with Crippen molar-refractivity contribution in [3.63, 3.8) is 0 Å². The minimum absolute atomic E-state index is 0.207. The Hall–Kier alpha value is -0.420. The number of nitrogens with one attached hydrogen (secondary N) is 1. The van der Waals surface area contributed by atoms with Crippen molar-refractivity contribution in [1.29, 1.82) is 0 Å². The number of aliphatic hydroxyl groups excluding tert-OH is 1. The molecule has 0 radical (unpaired) electrons. The molecule has 0 aromatic heterocycles. The lowest BCUT2D eigenvalue weighted by atomic mass is 10.1. The first-order chi connectivity index (χ1) is 9.99. The van der Waals surface area contributed by atoms with Crippen LogP contribution in [-0.2, 0) is 4.74 Å². The van der Waals surface area contributed by atoms with Crippen LogP contribution in [0.1, 0.15) is 45.2 Å². The third kappa shape index (κ3) is 8.57. The molecule has 1 aromatic rings. The molecular formula is C17H28BrNO2. The van der Waals surface area contributed by atoms with E-state index in [4.69, 9.17) is 4.74 Å². The van der Waals surface area contributed by atoms with Gasteiger partial charge in [0.2, 0.25) is 0 Å². The third-order valence-electron chi connectivity index (χ3n) is 3.39. The van der Waals surface area contributed by atoms with Gasteiger partial charge < -0.3 is 15.2 Å². The maximum atomic E-state index is 9.91. The Morgan fingerprint density at radius 3 is 2.71 bits per heavy atom. The molecule has 0 fully saturated rings. The first kappa shape index (κ1) is 18.6. The van der Waals surface area contributed by atoms with Gasteiger partial charge in [0.25, 0.3) is 0 Å². The SMILES string of the molecule is CC(C)CCCOCC(O)CNC(C)c1cccc(Br)c1. The van der Waals surface area contributed by atoms with Gasteiger partial charge in [0.15, 0.2) is 0 Å². The summed E-state index contributed by atoms with van der Waals surface area (Å²) in [6.45, 7) is 8.19. The summed E-state index contributed by atoms with van der Waals surface area (Å²) in [6.07, 6.45) is 1.78. The Labute approximate surface area is 137 Å². The van der Waals surface area contributed by atoms with Crippen LogP contribution >= 0.6 is 15.9 Å². The normalized spacial score (nSPS) is 14.4. The first-order valence-corrected chi connectivity index (χ1v) is 8.53. The molecule has 0 heterocycles. The van der Waals surface area contributed by atoms with E-state index < -0.39 is 6.10 Å². The van der Waals surface area contributed by atoms with E-state index in [0.717, 1.165) is 17.5 Å². The van der Waals surface area contributed by atoms with E-state index in [2.05, 4.69) is 54.2 Å². The average Bonchev–Trinajstić information content (AvgIpc) is 2.44. The van der Waals surface area contributed by atoms with Crippen molar-refractivity contribution < 1.29 is 9.84 Å². The molecule has 3 nitrogen and oxygen atoms in total. The summed E-state index contributed by atoms with van der Waals surface area (Å²) < 4.78 is 6.58. The van der Waals surface area contributed by atoms with Gasteiger partial charge in [-0.25, -0.2) is 0 Å². The Bertz CT molecular complexity index is 398. The minimum atomic E-state index is -0.460. The Kier molecular flexibility index (Phi) is 9.16. The zero-order valence-electron chi connectivity index (χ0n) is 13.3. The van der Waals surface area contributed by atoms with Crippen molar-refractivity contribution in [2.75, 3.05) is 19.8 Å². The smallest absolute Gasteiger partial charge is 0.0897 e. The molecule has 0 bridgehead atoms. The summed E-state index contributed by atoms with van der Waals surface area (Å²) in [5.41, 5.74) is 1.20. The number of hydrogen-bond donors (Lipinski definition) is 2. The van der Waals surface area contributed by atoms with Gasteiger partial charge in [0.1, 0.15) is 0 Å². The van der Waals surface area contributed by atoms with Gasteiger partial charge in [0, 0.05) is 23.7 Å². The Morgan fingerprint density at radius 1 is 1.29 bits per heavy atom. The molecular weight excluding hydrogens is 330 g/mol. The van der Waals surface area contributed by atoms with Crippen molar-refractivity contribution in [3.8, 4) is 0 Å². The van der Waals surface area contributed by atoms with Gasteiger partial charge in [0.05, 0.1) is 12.7 Å². The predicted octanol–water partition coefficient (Wildman–Crippen LogP) is 3.91. The number of rotatable bonds is 10. The van der Waals surface area contributed by atoms with Crippen molar-refractivity contribution in [2.45, 2.75) is 45.8 Å². The second-order valence-corrected chi connectivity index (χ2v) is 6.87. The summed E-state index contributed by atoms with van der Waals surface area (Å²) in [5.74, 6) is 0.714. The average molecular weight is 358 g/mol. The largest absolute Gasteiger partial charge is 0.389 e. The van der Waals surface area contributed by atoms with Crippen molar-refractivity contribution >= 4 is 15.9 Å². The quantitative estimate of drug-likeness (QED) is 0.623. The number of hydrogen-bond acceptors (Lipinski definition) is 3. The van der Waals surface area contributed by atoms with Crippen LogP contribution in [0.2, 0.25) is 0 Å². The van der Waals surface area contributed by atoms with Gasteiger partial charge in [-0.05, 0) is 43.4 Å². The topological polar surface area (TPSA) is 41.5 Å². The zero-order chi connectivity index (χ0) is 15.7. The Morgan fingerprint density at radius 2 is 2.05 bits per heavy atom. The highest BCUT2D eigenvalue weighted by Crippen LogP contribution is 2.17. The van der Waals surface area contributed by atoms with E-state index >= 15 is 0 Å². The van der Waals surface area contributed by atoms with E-state index in [9.17, 15) is 5.11 Å². The summed E-state index contributed by atoms with van der Waals surface area (Å²) >= 11 is 3.47. The van der Waals surface area contributed by atoms with E-state index in [1.54, 1.807) is 0 Å². The molecule has 0 saturated heterocycles. The summed E-state index contributed by atoms with van der Waals surface area (Å²) in [7, 11) is 0. The van der Waals surface area contributed by atoms with Gasteiger partial charge in [-0.1, -0.05) is 41.9 Å². The highest BCUT2D eigenvalue weighted by atomic mass is 79.9. The second-order valence-electron chi connectivity index (χ2n) is 5.95. The molecule has 0 spiro atoms. The lowest BCUT2D eigenvalue weighted by molar-refractivity contribution is 0.0337. The maximum absolute atomic E-state index is 9.91. The zero-order valence-corrected chi connectivity index (χ0v) is 14.9. The van der Waals surface area contributed by atoms with Gasteiger partial charge >= 0.3 is 0 Å². The van der Waals surface area contributed by atoms with Crippen LogP contribution in [0.4, 0.5) is 0 Å². The molecule has 0 aliphatic heterocycles. The highest BCUT2D eigenvalue weighted by molar-refractivity contribution is 9.10. The maximum Gasteiger partial charge on any atom is 0.0897 e. The molecule has 1 rings (SSSR count). The first-order valence-electron chi connectivity index (χ1n) is 7.73. The molecule has 1 aromatic carbocycles. The van der Waals surface area contributed by atoms with Crippen LogP contribution in [-0.4, -0.2) is 31.0 Å². The molecule has 0 saturated carbocycles. The molecule has 0 amide bonds. The summed E-state index contributed by atoms with van der Waals surface area (Å²) in [5, 5.41) is 13.2. The fourth-order valence-electron chi connectivity index (χ4n) is 2.08. The molecule has 0 aliphatic rings. The Balaban J connectivity index is 2.16. The molecule has 120 valence electrons. The summed E-state index contributed by atoms with van der Waals surface area (Å²) in [6, 6.07) is 8.41. The van der Waals surface area contributed by atoms with Crippen molar-refractivity contribution in [2.24, 2.45) is 5.92 Å². The van der Waals surface area contributed by atoms with E-state index in [1.807, 2.05) is 12.1 Å². The predicted molar refractivity (Wildman–Crippen MR) is 91.5 cm³/mol. The standard InChI is InChI=1S/C17H28BrNO2/c1-13(2)6-5-9-21-12-17(20)11-19-14(3)15-7-4-8-16(18)10-15/h4,7-8,10,13-14,17,19-20H,5-6,9,11-12H2,1-3H3. The number of aliphatic hydroxyl groups is 1. The van der Waals surface area contributed by atoms with Crippen LogP contribution in [0, 0.1) is 5.92 Å². The summed E-state index contributed by atoms with van der Waals surface area (Å²) in [4.78, 5) is 0. The lowest BCUT2D eigenvalue weighted by Gasteiger charge is -2.18. The van der Waals surface area contributed by atoms with Crippen molar-refractivity contribution in [3.05, 3.63) is 34.3 Å². The van der Waals surface area contributed by atoms with Crippen molar-refractivity contribution in [1.82, 2.24) is 5.32 Å². The van der Waals surface area contributed by atoms with E-state index in [-0.39, 0.29) is 6.04 Å². The van der Waals surface area contributed by atoms with E-state index in [1.165, 1.54) is 12.0 Å². The molecule has 0 aliphatic carbocycles.